The smallest absolute Gasteiger partial charge is 0.378 e. The summed E-state index contributed by atoms with van der Waals surface area (Å²) in [4.78, 5) is 13.7. The average molecular weight is 317 g/mol. The Morgan fingerprint density at radius 2 is 1.81 bits per heavy atom. The van der Waals surface area contributed by atoms with E-state index in [4.69, 9.17) is 4.74 Å². The number of amides is 1. The molecular formula is C14H14F3NO2S. The van der Waals surface area contributed by atoms with Crippen LogP contribution in [0.25, 0.3) is 6.08 Å². The quantitative estimate of drug-likeness (QED) is 0.633. The van der Waals surface area contributed by atoms with Crippen molar-refractivity contribution in [1.82, 2.24) is 4.90 Å². The van der Waals surface area contributed by atoms with Gasteiger partial charge in [-0.3, -0.25) is 4.79 Å². The number of halogens is 3. The Kier molecular flexibility index (Phi) is 5.30. The van der Waals surface area contributed by atoms with Gasteiger partial charge in [0, 0.05) is 24.1 Å². The first-order valence-corrected chi connectivity index (χ1v) is 7.16. The number of hydrogen-bond acceptors (Lipinski definition) is 3. The van der Waals surface area contributed by atoms with Crippen LogP contribution in [-0.4, -0.2) is 42.6 Å². The lowest BCUT2D eigenvalue weighted by Crippen LogP contribution is -2.39. The predicted molar refractivity (Wildman–Crippen MR) is 74.8 cm³/mol. The maximum atomic E-state index is 12.2. The highest BCUT2D eigenvalue weighted by Crippen LogP contribution is 2.36. The van der Waals surface area contributed by atoms with E-state index in [0.717, 1.165) is 0 Å². The molecule has 7 heteroatoms. The Bertz CT molecular complexity index is 508. The summed E-state index contributed by atoms with van der Waals surface area (Å²) in [7, 11) is 0. The van der Waals surface area contributed by atoms with E-state index in [0.29, 0.717) is 31.9 Å². The van der Waals surface area contributed by atoms with Crippen molar-refractivity contribution in [3.05, 3.63) is 35.9 Å². The number of morpholine rings is 1. The lowest BCUT2D eigenvalue weighted by atomic mass is 10.2. The topological polar surface area (TPSA) is 29.5 Å². The van der Waals surface area contributed by atoms with Gasteiger partial charge in [0.2, 0.25) is 5.91 Å². The first-order valence-electron chi connectivity index (χ1n) is 6.34. The summed E-state index contributed by atoms with van der Waals surface area (Å²) in [6.07, 6.45) is 3.02. The molecule has 1 aromatic carbocycles. The van der Waals surface area contributed by atoms with Crippen molar-refractivity contribution in [3.63, 3.8) is 0 Å². The van der Waals surface area contributed by atoms with Gasteiger partial charge in [-0.2, -0.15) is 13.2 Å². The second-order valence-corrected chi connectivity index (χ2v) is 5.53. The number of carbonyl (C=O) groups is 1. The molecule has 0 aliphatic carbocycles. The third-order valence-electron chi connectivity index (χ3n) is 2.85. The molecule has 0 N–H and O–H groups in total. The molecule has 0 radical (unpaired) electrons. The van der Waals surface area contributed by atoms with Crippen LogP contribution in [0.5, 0.6) is 0 Å². The van der Waals surface area contributed by atoms with Gasteiger partial charge in [-0.05, 0) is 35.5 Å². The van der Waals surface area contributed by atoms with Gasteiger partial charge in [0.1, 0.15) is 0 Å². The van der Waals surface area contributed by atoms with E-state index in [-0.39, 0.29) is 22.6 Å². The van der Waals surface area contributed by atoms with Crippen LogP contribution in [0.1, 0.15) is 5.56 Å². The molecule has 0 saturated carbocycles. The molecule has 1 amide bonds. The second kappa shape index (κ2) is 7.00. The predicted octanol–water partition coefficient (Wildman–Crippen LogP) is 3.17. The summed E-state index contributed by atoms with van der Waals surface area (Å²) in [6, 6.07) is 5.88. The molecule has 0 unspecified atom stereocenters. The maximum absolute atomic E-state index is 12.2. The highest BCUT2D eigenvalue weighted by atomic mass is 32.2. The Labute approximate surface area is 124 Å². The van der Waals surface area contributed by atoms with Gasteiger partial charge in [-0.25, -0.2) is 0 Å². The second-order valence-electron chi connectivity index (χ2n) is 4.39. The monoisotopic (exact) mass is 317 g/mol. The van der Waals surface area contributed by atoms with Crippen LogP contribution in [0.4, 0.5) is 13.2 Å². The van der Waals surface area contributed by atoms with Crippen LogP contribution in [-0.2, 0) is 9.53 Å². The van der Waals surface area contributed by atoms with Crippen LogP contribution >= 0.6 is 11.8 Å². The SMILES string of the molecule is O=C(/C=C/c1ccc(SC(F)(F)F)cc1)N1CCOCC1. The van der Waals surface area contributed by atoms with E-state index < -0.39 is 5.51 Å². The van der Waals surface area contributed by atoms with Gasteiger partial charge in [0.15, 0.2) is 0 Å². The highest BCUT2D eigenvalue weighted by Gasteiger charge is 2.28. The van der Waals surface area contributed by atoms with Gasteiger partial charge in [-0.1, -0.05) is 12.1 Å². The molecular weight excluding hydrogens is 303 g/mol. The highest BCUT2D eigenvalue weighted by molar-refractivity contribution is 8.00. The van der Waals surface area contributed by atoms with Crippen LogP contribution in [0.3, 0.4) is 0 Å². The number of carbonyl (C=O) groups excluding carboxylic acids is 1. The summed E-state index contributed by atoms with van der Waals surface area (Å²) < 4.78 is 41.7. The van der Waals surface area contributed by atoms with Crippen LogP contribution < -0.4 is 0 Å². The van der Waals surface area contributed by atoms with Crippen molar-refractivity contribution < 1.29 is 22.7 Å². The molecule has 0 atom stereocenters. The van der Waals surface area contributed by atoms with E-state index in [1.165, 1.54) is 18.2 Å². The first kappa shape index (κ1) is 15.9. The zero-order chi connectivity index (χ0) is 15.3. The lowest BCUT2D eigenvalue weighted by molar-refractivity contribution is -0.129. The van der Waals surface area contributed by atoms with Gasteiger partial charge in [-0.15, -0.1) is 0 Å². The van der Waals surface area contributed by atoms with Gasteiger partial charge >= 0.3 is 5.51 Å². The minimum atomic E-state index is -4.29. The zero-order valence-electron chi connectivity index (χ0n) is 11.1. The zero-order valence-corrected chi connectivity index (χ0v) is 11.9. The van der Waals surface area contributed by atoms with Crippen molar-refractivity contribution in [3.8, 4) is 0 Å². The van der Waals surface area contributed by atoms with Crippen molar-refractivity contribution in [1.29, 1.82) is 0 Å². The molecule has 1 aliphatic rings. The van der Waals surface area contributed by atoms with Crippen LogP contribution in [0.2, 0.25) is 0 Å². The molecule has 3 nitrogen and oxygen atoms in total. The Hall–Kier alpha value is -1.47. The van der Waals surface area contributed by atoms with Crippen LogP contribution in [0.15, 0.2) is 35.2 Å². The summed E-state index contributed by atoms with van der Waals surface area (Å²) in [6.45, 7) is 2.18. The standard InChI is InChI=1S/C14H14F3NO2S/c15-14(16,17)21-12-4-1-11(2-5-12)3-6-13(19)18-7-9-20-10-8-18/h1-6H,7-10H2/b6-3+. The molecule has 1 heterocycles. The van der Waals surface area contributed by atoms with E-state index in [1.54, 1.807) is 23.1 Å². The summed E-state index contributed by atoms with van der Waals surface area (Å²) >= 11 is -0.157. The van der Waals surface area contributed by atoms with Gasteiger partial charge < -0.3 is 9.64 Å². The molecule has 1 fully saturated rings. The van der Waals surface area contributed by atoms with E-state index in [9.17, 15) is 18.0 Å². The molecule has 1 saturated heterocycles. The molecule has 1 aliphatic heterocycles. The van der Waals surface area contributed by atoms with Crippen molar-refractivity contribution in [2.24, 2.45) is 0 Å². The summed E-state index contributed by atoms with van der Waals surface area (Å²) in [5.41, 5.74) is -3.60. The average Bonchev–Trinajstić information content (AvgIpc) is 2.45. The first-order chi connectivity index (χ1) is 9.94. The van der Waals surface area contributed by atoms with E-state index in [1.807, 2.05) is 0 Å². The molecule has 0 spiro atoms. The number of benzene rings is 1. The number of ether oxygens (including phenoxy) is 1. The lowest BCUT2D eigenvalue weighted by Gasteiger charge is -2.25. The van der Waals surface area contributed by atoms with Crippen LogP contribution in [0, 0.1) is 0 Å². The molecule has 1 aromatic rings. The molecule has 0 aromatic heterocycles. The third-order valence-corrected chi connectivity index (χ3v) is 3.59. The Morgan fingerprint density at radius 1 is 1.19 bits per heavy atom. The maximum Gasteiger partial charge on any atom is 0.446 e. The summed E-state index contributed by atoms with van der Waals surface area (Å²) in [5.74, 6) is -0.118. The molecule has 2 rings (SSSR count). The van der Waals surface area contributed by atoms with Crippen molar-refractivity contribution >= 4 is 23.7 Å². The normalized spacial score (nSPS) is 16.4. The number of hydrogen-bond donors (Lipinski definition) is 0. The molecule has 114 valence electrons. The Balaban J connectivity index is 1.93. The largest absolute Gasteiger partial charge is 0.446 e. The van der Waals surface area contributed by atoms with Crippen molar-refractivity contribution in [2.75, 3.05) is 26.3 Å². The fraction of sp³-hybridized carbons (Fsp3) is 0.357. The minimum absolute atomic E-state index is 0.118. The molecule has 21 heavy (non-hydrogen) atoms. The third kappa shape index (κ3) is 5.43. The summed E-state index contributed by atoms with van der Waals surface area (Å²) in [5, 5.41) is 0. The Morgan fingerprint density at radius 3 is 2.38 bits per heavy atom. The number of alkyl halides is 3. The van der Waals surface area contributed by atoms with E-state index in [2.05, 4.69) is 0 Å². The number of thioether (sulfide) groups is 1. The fourth-order valence-electron chi connectivity index (χ4n) is 1.84. The van der Waals surface area contributed by atoms with Gasteiger partial charge in [0.05, 0.1) is 13.2 Å². The number of rotatable bonds is 3. The fourth-order valence-corrected chi connectivity index (χ4v) is 2.38. The van der Waals surface area contributed by atoms with Gasteiger partial charge in [0.25, 0.3) is 0 Å². The minimum Gasteiger partial charge on any atom is -0.378 e. The van der Waals surface area contributed by atoms with E-state index >= 15 is 0 Å². The van der Waals surface area contributed by atoms with Crippen molar-refractivity contribution in [2.45, 2.75) is 10.4 Å². The number of nitrogens with zero attached hydrogens (tertiary/aromatic N) is 1. The molecule has 0 bridgehead atoms.